The Hall–Kier alpha value is -2.68. The largest absolute Gasteiger partial charge is 0.454 e. The molecule has 2 heterocycles. The van der Waals surface area contributed by atoms with Crippen molar-refractivity contribution in [3.05, 3.63) is 70.1 Å². The highest BCUT2D eigenvalue weighted by Crippen LogP contribution is 2.39. The molecule has 0 saturated carbocycles. The third-order valence-corrected chi connectivity index (χ3v) is 5.49. The van der Waals surface area contributed by atoms with Gasteiger partial charge in [-0.2, -0.15) is 5.26 Å². The molecule has 7 heteroatoms. The molecule has 0 bridgehead atoms. The summed E-state index contributed by atoms with van der Waals surface area (Å²) in [4.78, 5) is 6.58. The molecule has 1 aromatic heterocycles. The first kappa shape index (κ1) is 18.7. The lowest BCUT2D eigenvalue weighted by molar-refractivity contribution is 0.479. The number of rotatable bonds is 4. The van der Waals surface area contributed by atoms with Gasteiger partial charge in [0, 0.05) is 18.6 Å². The molecule has 1 saturated heterocycles. The molecule has 1 fully saturated rings. The second-order valence-electron chi connectivity index (χ2n) is 6.76. The molecule has 1 aliphatic heterocycles. The van der Waals surface area contributed by atoms with Gasteiger partial charge in [-0.1, -0.05) is 29.3 Å². The molecule has 28 heavy (non-hydrogen) atoms. The van der Waals surface area contributed by atoms with Crippen molar-refractivity contribution in [2.24, 2.45) is 7.05 Å². The zero-order valence-electron chi connectivity index (χ0n) is 15.3. The second kappa shape index (κ2) is 7.75. The molecule has 0 unspecified atom stereocenters. The Labute approximate surface area is 173 Å². The normalized spacial score (nSPS) is 16.2. The summed E-state index contributed by atoms with van der Waals surface area (Å²) < 4.78 is 8.01. The molecule has 0 aliphatic carbocycles. The van der Waals surface area contributed by atoms with Crippen molar-refractivity contribution in [2.75, 3.05) is 11.4 Å². The molecule has 0 radical (unpaired) electrons. The van der Waals surface area contributed by atoms with E-state index in [1.807, 2.05) is 29.9 Å². The monoisotopic (exact) mass is 412 g/mol. The minimum Gasteiger partial charge on any atom is -0.454 e. The summed E-state index contributed by atoms with van der Waals surface area (Å²) in [6.07, 6.45) is 5.81. The Bertz CT molecular complexity index is 1060. The summed E-state index contributed by atoms with van der Waals surface area (Å²) in [5.41, 5.74) is 1.55. The lowest BCUT2D eigenvalue weighted by atomic mass is 10.0. The lowest BCUT2D eigenvalue weighted by Gasteiger charge is -2.27. The highest BCUT2D eigenvalue weighted by Gasteiger charge is 2.28. The number of hydrogen-bond donors (Lipinski definition) is 0. The first-order valence-corrected chi connectivity index (χ1v) is 9.72. The molecule has 142 valence electrons. The molecule has 3 aromatic rings. The van der Waals surface area contributed by atoms with Crippen molar-refractivity contribution in [3.63, 3.8) is 0 Å². The Morgan fingerprint density at radius 2 is 2.04 bits per heavy atom. The van der Waals surface area contributed by atoms with Crippen molar-refractivity contribution in [1.29, 1.82) is 5.26 Å². The van der Waals surface area contributed by atoms with Gasteiger partial charge in [0.05, 0.1) is 29.2 Å². The van der Waals surface area contributed by atoms with E-state index in [-0.39, 0.29) is 6.04 Å². The number of halogens is 2. The van der Waals surface area contributed by atoms with Gasteiger partial charge in [0.25, 0.3) is 0 Å². The predicted molar refractivity (Wildman–Crippen MR) is 110 cm³/mol. The first-order valence-electron chi connectivity index (χ1n) is 8.96. The Kier molecular flexibility index (Phi) is 5.17. The minimum absolute atomic E-state index is 0.200. The molecular weight excluding hydrogens is 395 g/mol. The topological polar surface area (TPSA) is 54.1 Å². The van der Waals surface area contributed by atoms with Crippen LogP contribution >= 0.6 is 23.2 Å². The third-order valence-electron chi connectivity index (χ3n) is 4.96. The van der Waals surface area contributed by atoms with Gasteiger partial charge in [0.2, 0.25) is 0 Å². The standard InChI is InChI=1S/C21H18Cl2N4O/c1-26-13-25-12-21(26)27-8-2-3-18(27)14-4-5-15(11-24)20(9-14)28-19-7-6-16(22)10-17(19)23/h4-7,9-10,12-13,18H,2-3,8H2,1H3/t18-/m0/s1. The van der Waals surface area contributed by atoms with E-state index < -0.39 is 0 Å². The average Bonchev–Trinajstić information content (AvgIpc) is 3.32. The number of ether oxygens (including phenoxy) is 1. The van der Waals surface area contributed by atoms with Crippen LogP contribution in [0, 0.1) is 11.3 Å². The minimum atomic E-state index is 0.200. The van der Waals surface area contributed by atoms with Crippen molar-refractivity contribution < 1.29 is 4.74 Å². The molecule has 5 nitrogen and oxygen atoms in total. The van der Waals surface area contributed by atoms with Gasteiger partial charge in [-0.25, -0.2) is 4.98 Å². The van der Waals surface area contributed by atoms with Gasteiger partial charge in [0.15, 0.2) is 0 Å². The van der Waals surface area contributed by atoms with E-state index in [0.717, 1.165) is 30.8 Å². The quantitative estimate of drug-likeness (QED) is 0.548. The summed E-state index contributed by atoms with van der Waals surface area (Å²) in [7, 11) is 1.99. The van der Waals surface area contributed by atoms with Crippen molar-refractivity contribution in [3.8, 4) is 17.6 Å². The number of aryl methyl sites for hydroxylation is 1. The van der Waals surface area contributed by atoms with E-state index in [4.69, 9.17) is 27.9 Å². The van der Waals surface area contributed by atoms with E-state index in [0.29, 0.717) is 27.1 Å². The highest BCUT2D eigenvalue weighted by molar-refractivity contribution is 6.35. The molecule has 1 aliphatic rings. The summed E-state index contributed by atoms with van der Waals surface area (Å²) in [6.45, 7) is 0.962. The van der Waals surface area contributed by atoms with E-state index in [1.165, 1.54) is 0 Å². The van der Waals surface area contributed by atoms with E-state index in [9.17, 15) is 5.26 Å². The van der Waals surface area contributed by atoms with E-state index in [1.54, 1.807) is 30.6 Å². The number of anilines is 1. The Balaban J connectivity index is 1.68. The van der Waals surface area contributed by atoms with Crippen LogP contribution in [0.1, 0.15) is 30.0 Å². The van der Waals surface area contributed by atoms with Gasteiger partial charge in [0.1, 0.15) is 23.4 Å². The van der Waals surface area contributed by atoms with Crippen molar-refractivity contribution in [2.45, 2.75) is 18.9 Å². The number of nitriles is 1. The van der Waals surface area contributed by atoms with Crippen LogP contribution in [0.2, 0.25) is 10.0 Å². The van der Waals surface area contributed by atoms with Gasteiger partial charge >= 0.3 is 0 Å². The van der Waals surface area contributed by atoms with Gasteiger partial charge in [-0.15, -0.1) is 0 Å². The molecule has 0 N–H and O–H groups in total. The van der Waals surface area contributed by atoms with Crippen LogP contribution in [0.25, 0.3) is 0 Å². The molecule has 0 amide bonds. The lowest BCUT2D eigenvalue weighted by Crippen LogP contribution is -2.24. The van der Waals surface area contributed by atoms with Crippen LogP contribution in [-0.4, -0.2) is 16.1 Å². The third kappa shape index (κ3) is 3.54. The first-order chi connectivity index (χ1) is 13.6. The van der Waals surface area contributed by atoms with Crippen molar-refractivity contribution >= 4 is 29.0 Å². The van der Waals surface area contributed by atoms with Crippen molar-refractivity contribution in [1.82, 2.24) is 9.55 Å². The predicted octanol–water partition coefficient (Wildman–Crippen LogP) is 5.73. The maximum absolute atomic E-state index is 9.50. The van der Waals surface area contributed by atoms with Gasteiger partial charge < -0.3 is 14.2 Å². The smallest absolute Gasteiger partial charge is 0.146 e. The summed E-state index contributed by atoms with van der Waals surface area (Å²) in [5, 5.41) is 10.4. The SMILES string of the molecule is Cn1cncc1N1CCC[C@H]1c1ccc(C#N)c(Oc2ccc(Cl)cc2Cl)c1. The molecule has 2 aromatic carbocycles. The summed E-state index contributed by atoms with van der Waals surface area (Å²) in [6, 6.07) is 13.2. The number of hydrogen-bond acceptors (Lipinski definition) is 4. The van der Waals surface area contributed by atoms with Crippen LogP contribution in [0.15, 0.2) is 48.9 Å². The molecular formula is C21H18Cl2N4O. The maximum atomic E-state index is 9.50. The fraction of sp³-hybridized carbons (Fsp3) is 0.238. The Morgan fingerprint density at radius 3 is 2.75 bits per heavy atom. The molecule has 0 spiro atoms. The van der Waals surface area contributed by atoms with Crippen LogP contribution in [-0.2, 0) is 7.05 Å². The highest BCUT2D eigenvalue weighted by atomic mass is 35.5. The van der Waals surface area contributed by atoms with E-state index in [2.05, 4.69) is 16.0 Å². The maximum Gasteiger partial charge on any atom is 0.146 e. The van der Waals surface area contributed by atoms with Gasteiger partial charge in [-0.05, 0) is 48.7 Å². The number of nitrogens with zero attached hydrogens (tertiary/aromatic N) is 4. The molecule has 4 rings (SSSR count). The summed E-state index contributed by atoms with van der Waals surface area (Å²) in [5.74, 6) is 2.03. The van der Waals surface area contributed by atoms with Crippen LogP contribution in [0.4, 0.5) is 5.82 Å². The van der Waals surface area contributed by atoms with Crippen LogP contribution in [0.3, 0.4) is 0 Å². The number of benzene rings is 2. The van der Waals surface area contributed by atoms with Gasteiger partial charge in [-0.3, -0.25) is 0 Å². The Morgan fingerprint density at radius 1 is 1.18 bits per heavy atom. The molecule has 1 atom stereocenters. The van der Waals surface area contributed by atoms with E-state index >= 15 is 0 Å². The fourth-order valence-electron chi connectivity index (χ4n) is 3.61. The second-order valence-corrected chi connectivity index (χ2v) is 7.60. The van der Waals surface area contributed by atoms with Crippen LogP contribution < -0.4 is 9.64 Å². The zero-order valence-corrected chi connectivity index (χ0v) is 16.8. The number of imidazole rings is 1. The fourth-order valence-corrected chi connectivity index (χ4v) is 4.06. The average molecular weight is 413 g/mol. The van der Waals surface area contributed by atoms with Crippen LogP contribution in [0.5, 0.6) is 11.5 Å². The number of aromatic nitrogens is 2. The summed E-state index contributed by atoms with van der Waals surface area (Å²) >= 11 is 12.2. The zero-order chi connectivity index (χ0) is 19.7.